The van der Waals surface area contributed by atoms with Gasteiger partial charge >= 0.3 is 20.2 Å². The summed E-state index contributed by atoms with van der Waals surface area (Å²) in [7, 11) is -8.99. The van der Waals surface area contributed by atoms with E-state index in [9.17, 15) is 35.5 Å². The number of aryl methyl sites for hydroxylation is 2. The highest BCUT2D eigenvalue weighted by Crippen LogP contribution is 2.45. The number of aromatic nitrogens is 4. The van der Waals surface area contributed by atoms with Crippen molar-refractivity contribution >= 4 is 101 Å². The monoisotopic (exact) mass is 954 g/mol. The number of thiophene rings is 2. The molecule has 308 valence electrons. The summed E-state index contributed by atoms with van der Waals surface area (Å²) in [6, 6.07) is 12.5. The molecule has 0 fully saturated rings. The highest BCUT2D eigenvalue weighted by molar-refractivity contribution is 7.88. The lowest BCUT2D eigenvalue weighted by molar-refractivity contribution is 0.0945. The van der Waals surface area contributed by atoms with Gasteiger partial charge in [-0.15, -0.1) is 22.7 Å². The van der Waals surface area contributed by atoms with Gasteiger partial charge in [-0.3, -0.25) is 18.7 Å². The number of hydrogen-bond acceptors (Lipinski definition) is 10. The van der Waals surface area contributed by atoms with E-state index in [1.807, 2.05) is 0 Å². The molecule has 0 atom stereocenters. The summed E-state index contributed by atoms with van der Waals surface area (Å²) < 4.78 is 70.7. The Balaban J connectivity index is 1.03. The normalized spacial score (nSPS) is 13.8. The van der Waals surface area contributed by atoms with Gasteiger partial charge in [-0.05, 0) is 105 Å². The van der Waals surface area contributed by atoms with Crippen molar-refractivity contribution in [2.45, 2.75) is 53.4 Å². The molecule has 2 amide bonds. The molecule has 59 heavy (non-hydrogen) atoms. The third-order valence-corrected chi connectivity index (χ3v) is 15.9. The highest BCUT2D eigenvalue weighted by atomic mass is 35.5. The molecule has 0 spiro atoms. The zero-order valence-electron chi connectivity index (χ0n) is 30.3. The zero-order valence-corrected chi connectivity index (χ0v) is 36.6. The molecule has 4 N–H and O–H groups in total. The van der Waals surface area contributed by atoms with Crippen LogP contribution in [0.4, 0.5) is 0 Å². The maximum absolute atomic E-state index is 13.8. The molecule has 0 radical (unpaired) electrons. The third kappa shape index (κ3) is 8.19. The molecule has 0 saturated heterocycles. The zero-order chi connectivity index (χ0) is 42.0. The average molecular weight is 957 g/mol. The van der Waals surface area contributed by atoms with Crippen molar-refractivity contribution in [2.75, 3.05) is 13.1 Å². The van der Waals surface area contributed by atoms with Crippen molar-refractivity contribution in [1.29, 1.82) is 0 Å². The smallest absolute Gasteiger partial charge is 0.304 e. The Labute approximate surface area is 365 Å². The van der Waals surface area contributed by atoms with Crippen molar-refractivity contribution < 1.29 is 35.5 Å². The van der Waals surface area contributed by atoms with Gasteiger partial charge in [0.15, 0.2) is 11.4 Å². The molecule has 8 rings (SSSR count). The Morgan fingerprint density at radius 3 is 1.42 bits per heavy atom. The second-order valence-corrected chi connectivity index (χ2v) is 20.8. The minimum Gasteiger partial charge on any atom is -0.351 e. The number of amides is 2. The topological polar surface area (TPSA) is 203 Å². The molecule has 0 bridgehead atoms. The van der Waals surface area contributed by atoms with E-state index >= 15 is 0 Å². The lowest BCUT2D eigenvalue weighted by Gasteiger charge is -2.10. The highest BCUT2D eigenvalue weighted by Gasteiger charge is 2.33. The molecule has 0 aliphatic heterocycles. The largest absolute Gasteiger partial charge is 0.351 e. The maximum Gasteiger partial charge on any atom is 0.304 e. The van der Waals surface area contributed by atoms with Crippen molar-refractivity contribution in [3.63, 3.8) is 0 Å². The van der Waals surface area contributed by atoms with Crippen LogP contribution in [0.5, 0.6) is 0 Å². The Bertz CT molecular complexity index is 2740. The Hall–Kier alpha value is -3.82. The van der Waals surface area contributed by atoms with E-state index in [1.165, 1.54) is 33.6 Å². The summed E-state index contributed by atoms with van der Waals surface area (Å²) in [4.78, 5) is 28.7. The molecule has 6 aromatic rings. The average Bonchev–Trinajstić information content (AvgIpc) is 3.91. The predicted molar refractivity (Wildman–Crippen MR) is 227 cm³/mol. The van der Waals surface area contributed by atoms with Gasteiger partial charge < -0.3 is 10.6 Å². The first-order chi connectivity index (χ1) is 28.0. The van der Waals surface area contributed by atoms with Crippen LogP contribution in [0.2, 0.25) is 20.1 Å². The van der Waals surface area contributed by atoms with E-state index in [2.05, 4.69) is 20.8 Å². The number of nitrogens with one attached hydrogen (secondary N) is 2. The summed E-state index contributed by atoms with van der Waals surface area (Å²) >= 11 is 27.3. The van der Waals surface area contributed by atoms with Gasteiger partial charge in [0.1, 0.15) is 8.42 Å². The van der Waals surface area contributed by atoms with Crippen LogP contribution in [0.15, 0.2) is 56.9 Å². The van der Waals surface area contributed by atoms with E-state index in [1.54, 1.807) is 24.3 Å². The molecule has 0 unspecified atom stereocenters. The molecule has 2 aliphatic carbocycles. The fourth-order valence-corrected chi connectivity index (χ4v) is 12.2. The van der Waals surface area contributed by atoms with Crippen LogP contribution in [0.25, 0.3) is 32.5 Å². The van der Waals surface area contributed by atoms with E-state index in [0.717, 1.165) is 22.7 Å². The van der Waals surface area contributed by atoms with Gasteiger partial charge in [0.05, 0.1) is 42.6 Å². The van der Waals surface area contributed by atoms with Crippen LogP contribution in [-0.4, -0.2) is 70.4 Å². The number of hydrogen-bond donors (Lipinski definition) is 4. The van der Waals surface area contributed by atoms with Crippen LogP contribution >= 0.6 is 69.1 Å². The Kier molecular flexibility index (Phi) is 11.5. The number of halogens is 4. The fourth-order valence-electron chi connectivity index (χ4n) is 7.26. The van der Waals surface area contributed by atoms with Crippen LogP contribution in [0.1, 0.15) is 62.5 Å². The molecular formula is C37H30Cl4N6O8S4. The summed E-state index contributed by atoms with van der Waals surface area (Å²) in [6.07, 6.45) is 3.36. The number of fused-ring (bicyclic) bond motifs is 6. The van der Waals surface area contributed by atoms with Gasteiger partial charge in [0, 0.05) is 34.3 Å². The van der Waals surface area contributed by atoms with Gasteiger partial charge in [-0.1, -0.05) is 46.4 Å². The molecule has 4 aromatic heterocycles. The van der Waals surface area contributed by atoms with Gasteiger partial charge in [-0.2, -0.15) is 27.0 Å². The first-order valence-corrected chi connectivity index (χ1v) is 23.9. The van der Waals surface area contributed by atoms with Crippen molar-refractivity contribution in [3.8, 4) is 32.5 Å². The fraction of sp³-hybridized carbons (Fsp3) is 0.243. The molecule has 0 saturated carbocycles. The second kappa shape index (κ2) is 16.2. The molecule has 22 heteroatoms. The Morgan fingerprint density at radius 1 is 0.644 bits per heavy atom. The summed E-state index contributed by atoms with van der Waals surface area (Å²) in [5.41, 5.74) is 4.57. The molecule has 2 aromatic carbocycles. The SMILES string of the molecule is O=C(NCCCNC(=O)c1nn(-c2ccc(Cl)cc2Cl)c2c1CCCc1cc(S(=O)(=O)O)sc1-2)c1nn(-c2ccc(Cl)cc2Cl)c2c1CCCc1cc(S(=O)(=O)O)sc1-2. The molecule has 2 aliphatic rings. The first-order valence-electron chi connectivity index (χ1n) is 17.9. The summed E-state index contributed by atoms with van der Waals surface area (Å²) in [5.74, 6) is -0.988. The molecule has 14 nitrogen and oxygen atoms in total. The van der Waals surface area contributed by atoms with Crippen molar-refractivity contribution in [3.05, 3.63) is 102 Å². The van der Waals surface area contributed by atoms with Crippen LogP contribution < -0.4 is 10.6 Å². The van der Waals surface area contributed by atoms with Gasteiger partial charge in [0.2, 0.25) is 0 Å². The minimum atomic E-state index is -4.50. The molecule has 4 heterocycles. The van der Waals surface area contributed by atoms with Crippen LogP contribution in [0, 0.1) is 0 Å². The number of carbonyl (C=O) groups is 2. The molecular weight excluding hydrogens is 927 g/mol. The first kappa shape index (κ1) is 41.9. The standard InChI is InChI=1S/C37H30Cl4N6O8S4/c38-20-8-10-26(24(40)16-20)46-32-22(6-1-4-18-14-28(56-34(18)32)58(50,51)52)30(44-46)36(48)42-12-3-13-43-37(49)31-23-7-2-5-19-15-29(59(53,54)55)57-35(19)33(23)47(45-31)27-11-9-21(39)17-25(27)41/h8-11,14-17H,1-7,12-13H2,(H,42,48)(H,43,49)(H,50,51,52)(H,53,54,55). The van der Waals surface area contributed by atoms with E-state index in [4.69, 9.17) is 46.4 Å². The number of carbonyl (C=O) groups excluding carboxylic acids is 2. The summed E-state index contributed by atoms with van der Waals surface area (Å²) in [6.45, 7) is 0.285. The van der Waals surface area contributed by atoms with E-state index in [-0.39, 0.29) is 42.9 Å². The lowest BCUT2D eigenvalue weighted by atomic mass is 10.1. The van der Waals surface area contributed by atoms with Crippen LogP contribution in [0.3, 0.4) is 0 Å². The van der Waals surface area contributed by atoms with Gasteiger partial charge in [0.25, 0.3) is 11.8 Å². The second-order valence-electron chi connectivity index (χ2n) is 13.7. The van der Waals surface area contributed by atoms with Crippen molar-refractivity contribution in [1.82, 2.24) is 30.2 Å². The maximum atomic E-state index is 13.8. The number of benzene rings is 2. The van der Waals surface area contributed by atoms with Crippen LogP contribution in [-0.2, 0) is 45.9 Å². The predicted octanol–water partition coefficient (Wildman–Crippen LogP) is 8.15. The number of nitrogens with zero attached hydrogens (tertiary/aromatic N) is 4. The van der Waals surface area contributed by atoms with Gasteiger partial charge in [-0.25, -0.2) is 9.36 Å². The quantitative estimate of drug-likeness (QED) is 0.0767. The lowest BCUT2D eigenvalue weighted by Crippen LogP contribution is -2.31. The summed E-state index contributed by atoms with van der Waals surface area (Å²) in [5, 5.41) is 16.4. The Morgan fingerprint density at radius 2 is 1.05 bits per heavy atom. The third-order valence-electron chi connectivity index (χ3n) is 9.85. The minimum absolute atomic E-state index is 0.115. The van der Waals surface area contributed by atoms with Crippen molar-refractivity contribution in [2.24, 2.45) is 0 Å². The van der Waals surface area contributed by atoms with E-state index < -0.39 is 32.1 Å². The van der Waals surface area contributed by atoms with E-state index in [0.29, 0.717) is 110 Å². The number of rotatable bonds is 10.